The fourth-order valence-electron chi connectivity index (χ4n) is 3.48. The lowest BCUT2D eigenvalue weighted by Crippen LogP contribution is -2.39. The molecule has 1 aromatic heterocycles. The number of para-hydroxylation sites is 2. The predicted octanol–water partition coefficient (Wildman–Crippen LogP) is 2.58. The average Bonchev–Trinajstić information content (AvgIpc) is 3.38. The number of anilines is 1. The van der Waals surface area contributed by atoms with Crippen LogP contribution in [0.1, 0.15) is 13.3 Å². The molecule has 2 heterocycles. The number of aliphatic imine (C=N–C) groups is 1. The summed E-state index contributed by atoms with van der Waals surface area (Å²) in [6.45, 7) is 7.67. The highest BCUT2D eigenvalue weighted by molar-refractivity contribution is 5.79. The zero-order valence-corrected chi connectivity index (χ0v) is 16.4. The first-order chi connectivity index (χ1) is 13.3. The van der Waals surface area contributed by atoms with E-state index >= 15 is 0 Å². The van der Waals surface area contributed by atoms with Gasteiger partial charge in [0, 0.05) is 51.7 Å². The van der Waals surface area contributed by atoms with E-state index in [-0.39, 0.29) is 0 Å². The van der Waals surface area contributed by atoms with Gasteiger partial charge in [-0.3, -0.25) is 4.99 Å². The summed E-state index contributed by atoms with van der Waals surface area (Å²) in [5, 5.41) is 6.77. The normalized spacial score (nSPS) is 17.2. The van der Waals surface area contributed by atoms with Crippen LogP contribution >= 0.6 is 0 Å². The molecule has 6 heteroatoms. The topological polar surface area (TPSA) is 53.8 Å². The zero-order valence-electron chi connectivity index (χ0n) is 16.4. The van der Waals surface area contributed by atoms with Crippen LogP contribution in [0.5, 0.6) is 5.75 Å². The third-order valence-corrected chi connectivity index (χ3v) is 4.89. The van der Waals surface area contributed by atoms with Crippen LogP contribution in [0.15, 0.2) is 53.8 Å². The minimum Gasteiger partial charge on any atom is -0.495 e. The highest BCUT2D eigenvalue weighted by atomic mass is 16.5. The SMILES string of the molecule is CCNC(=NCC1CCN(c2ccccc2OC)C1)NCCn1cccc1. The molecule has 3 rings (SSSR count). The Morgan fingerprint density at radius 2 is 2.00 bits per heavy atom. The van der Waals surface area contributed by atoms with Gasteiger partial charge in [-0.25, -0.2) is 0 Å². The van der Waals surface area contributed by atoms with Crippen molar-refractivity contribution in [3.63, 3.8) is 0 Å². The van der Waals surface area contributed by atoms with Crippen molar-refractivity contribution < 1.29 is 4.74 Å². The smallest absolute Gasteiger partial charge is 0.191 e. The number of nitrogens with one attached hydrogen (secondary N) is 2. The van der Waals surface area contributed by atoms with Crippen molar-refractivity contribution in [2.75, 3.05) is 44.7 Å². The molecule has 0 amide bonds. The maximum absolute atomic E-state index is 5.51. The molecule has 1 fully saturated rings. The van der Waals surface area contributed by atoms with Crippen LogP contribution in [0.4, 0.5) is 5.69 Å². The van der Waals surface area contributed by atoms with Gasteiger partial charge in [-0.2, -0.15) is 0 Å². The molecule has 0 aliphatic carbocycles. The second-order valence-electron chi connectivity index (χ2n) is 6.84. The van der Waals surface area contributed by atoms with Gasteiger partial charge in [0.05, 0.1) is 12.8 Å². The Bertz CT molecular complexity index is 713. The molecule has 0 saturated carbocycles. The van der Waals surface area contributed by atoms with Crippen molar-refractivity contribution in [1.29, 1.82) is 0 Å². The van der Waals surface area contributed by atoms with E-state index < -0.39 is 0 Å². The maximum atomic E-state index is 5.51. The lowest BCUT2D eigenvalue weighted by Gasteiger charge is -2.21. The summed E-state index contributed by atoms with van der Waals surface area (Å²) in [5.41, 5.74) is 1.18. The number of rotatable bonds is 8. The van der Waals surface area contributed by atoms with E-state index in [1.165, 1.54) is 5.69 Å². The van der Waals surface area contributed by atoms with E-state index in [0.717, 1.165) is 57.4 Å². The molecule has 1 atom stereocenters. The monoisotopic (exact) mass is 369 g/mol. The number of ether oxygens (including phenoxy) is 1. The molecule has 2 N–H and O–H groups in total. The zero-order chi connectivity index (χ0) is 18.9. The van der Waals surface area contributed by atoms with E-state index in [9.17, 15) is 0 Å². The van der Waals surface area contributed by atoms with Gasteiger partial charge in [0.15, 0.2) is 5.96 Å². The van der Waals surface area contributed by atoms with Crippen molar-refractivity contribution >= 4 is 11.6 Å². The molecule has 1 saturated heterocycles. The molecule has 1 unspecified atom stereocenters. The Morgan fingerprint density at radius 1 is 1.19 bits per heavy atom. The lowest BCUT2D eigenvalue weighted by atomic mass is 10.1. The number of benzene rings is 1. The van der Waals surface area contributed by atoms with Gasteiger partial charge in [0.1, 0.15) is 5.75 Å². The molecule has 2 aromatic rings. The van der Waals surface area contributed by atoms with E-state index in [1.807, 2.05) is 24.3 Å². The minimum atomic E-state index is 0.565. The number of hydrogen-bond acceptors (Lipinski definition) is 3. The standard InChI is InChI=1S/C21H31N5O/c1-3-22-21(23-11-15-25-12-6-7-13-25)24-16-18-10-14-26(17-18)19-8-4-5-9-20(19)27-2/h4-9,12-13,18H,3,10-11,14-17H2,1-2H3,(H2,22,23,24). The van der Waals surface area contributed by atoms with Gasteiger partial charge < -0.3 is 24.8 Å². The van der Waals surface area contributed by atoms with Crippen LogP contribution in [0.25, 0.3) is 0 Å². The largest absolute Gasteiger partial charge is 0.495 e. The van der Waals surface area contributed by atoms with Crippen molar-refractivity contribution in [2.45, 2.75) is 19.9 Å². The second kappa shape index (κ2) is 9.90. The maximum Gasteiger partial charge on any atom is 0.191 e. The van der Waals surface area contributed by atoms with Crippen LogP contribution in [0, 0.1) is 5.92 Å². The molecule has 1 aliphatic rings. The molecule has 27 heavy (non-hydrogen) atoms. The predicted molar refractivity (Wildman–Crippen MR) is 112 cm³/mol. The molecular weight excluding hydrogens is 338 g/mol. The molecule has 146 valence electrons. The fraction of sp³-hybridized carbons (Fsp3) is 0.476. The van der Waals surface area contributed by atoms with E-state index in [2.05, 4.69) is 51.6 Å². The molecule has 6 nitrogen and oxygen atoms in total. The van der Waals surface area contributed by atoms with Crippen molar-refractivity contribution in [2.24, 2.45) is 10.9 Å². The second-order valence-corrected chi connectivity index (χ2v) is 6.84. The molecule has 0 bridgehead atoms. The number of guanidine groups is 1. The van der Waals surface area contributed by atoms with Gasteiger partial charge in [0.25, 0.3) is 0 Å². The van der Waals surface area contributed by atoms with Crippen LogP contribution in [0.2, 0.25) is 0 Å². The summed E-state index contributed by atoms with van der Waals surface area (Å²) in [4.78, 5) is 7.22. The number of methoxy groups -OCH3 is 1. The fourth-order valence-corrected chi connectivity index (χ4v) is 3.48. The van der Waals surface area contributed by atoms with Gasteiger partial charge in [-0.05, 0) is 43.5 Å². The van der Waals surface area contributed by atoms with Crippen LogP contribution in [0.3, 0.4) is 0 Å². The average molecular weight is 370 g/mol. The van der Waals surface area contributed by atoms with Crippen molar-refractivity contribution in [3.05, 3.63) is 48.8 Å². The minimum absolute atomic E-state index is 0.565. The lowest BCUT2D eigenvalue weighted by molar-refractivity contribution is 0.414. The summed E-state index contributed by atoms with van der Waals surface area (Å²) < 4.78 is 7.67. The Morgan fingerprint density at radius 3 is 2.78 bits per heavy atom. The third kappa shape index (κ3) is 5.42. The number of hydrogen-bond donors (Lipinski definition) is 2. The van der Waals surface area contributed by atoms with Crippen molar-refractivity contribution in [3.8, 4) is 5.75 Å². The summed E-state index contributed by atoms with van der Waals surface area (Å²) >= 11 is 0. The van der Waals surface area contributed by atoms with E-state index in [1.54, 1.807) is 7.11 Å². The quantitative estimate of drug-likeness (QED) is 0.555. The number of nitrogens with zero attached hydrogens (tertiary/aromatic N) is 3. The highest BCUT2D eigenvalue weighted by Crippen LogP contribution is 2.31. The summed E-state index contributed by atoms with van der Waals surface area (Å²) in [6.07, 6.45) is 5.32. The Kier molecular flexibility index (Phi) is 7.02. The summed E-state index contributed by atoms with van der Waals surface area (Å²) in [7, 11) is 1.73. The molecular formula is C21H31N5O. The van der Waals surface area contributed by atoms with Crippen LogP contribution < -0.4 is 20.3 Å². The first-order valence-corrected chi connectivity index (χ1v) is 9.81. The first-order valence-electron chi connectivity index (χ1n) is 9.81. The summed E-state index contributed by atoms with van der Waals surface area (Å²) in [6, 6.07) is 12.3. The molecule has 1 aliphatic heterocycles. The highest BCUT2D eigenvalue weighted by Gasteiger charge is 2.24. The van der Waals surface area contributed by atoms with Crippen molar-refractivity contribution in [1.82, 2.24) is 15.2 Å². The first kappa shape index (κ1) is 19.1. The summed E-state index contributed by atoms with van der Waals surface area (Å²) in [5.74, 6) is 2.41. The van der Waals surface area contributed by atoms with Gasteiger partial charge >= 0.3 is 0 Å². The molecule has 1 aromatic carbocycles. The van der Waals surface area contributed by atoms with Gasteiger partial charge in [0.2, 0.25) is 0 Å². The Hall–Kier alpha value is -2.63. The van der Waals surface area contributed by atoms with Crippen LogP contribution in [-0.2, 0) is 6.54 Å². The van der Waals surface area contributed by atoms with Gasteiger partial charge in [-0.1, -0.05) is 12.1 Å². The van der Waals surface area contributed by atoms with Crippen LogP contribution in [-0.4, -0.2) is 50.4 Å². The Balaban J connectivity index is 1.50. The molecule has 0 spiro atoms. The molecule has 0 radical (unpaired) electrons. The van der Waals surface area contributed by atoms with Gasteiger partial charge in [-0.15, -0.1) is 0 Å². The van der Waals surface area contributed by atoms with E-state index in [0.29, 0.717) is 5.92 Å². The Labute approximate surface area is 162 Å². The number of aromatic nitrogens is 1. The van der Waals surface area contributed by atoms with E-state index in [4.69, 9.17) is 9.73 Å². The third-order valence-electron chi connectivity index (χ3n) is 4.89.